The minimum Gasteiger partial charge on any atom is -0.480 e. The average Bonchev–Trinajstić information content (AvgIpc) is 3.55. The first-order valence-corrected chi connectivity index (χ1v) is 13.3. The van der Waals surface area contributed by atoms with Gasteiger partial charge in [0, 0.05) is 25.6 Å². The Balaban J connectivity index is 1.29. The van der Waals surface area contributed by atoms with Crippen LogP contribution in [0.5, 0.6) is 0 Å². The van der Waals surface area contributed by atoms with Crippen molar-refractivity contribution in [3.05, 3.63) is 95.6 Å². The molecule has 8 nitrogen and oxygen atoms in total. The number of ether oxygens (including phenoxy) is 1. The maximum Gasteiger partial charge on any atom is 0.407 e. The van der Waals surface area contributed by atoms with E-state index in [-0.39, 0.29) is 19.1 Å². The molecule has 3 aromatic carbocycles. The van der Waals surface area contributed by atoms with Gasteiger partial charge in [-0.1, -0.05) is 78.9 Å². The van der Waals surface area contributed by atoms with Crippen molar-refractivity contribution >= 4 is 18.0 Å². The van der Waals surface area contributed by atoms with Gasteiger partial charge in [0.05, 0.1) is 0 Å². The predicted octanol–water partition coefficient (Wildman–Crippen LogP) is 4.10. The normalized spacial score (nSPS) is 17.0. The molecule has 39 heavy (non-hydrogen) atoms. The molecule has 3 aromatic rings. The number of carbonyl (C=O) groups excluding carboxylic acids is 2. The van der Waals surface area contributed by atoms with Crippen molar-refractivity contribution in [2.24, 2.45) is 0 Å². The smallest absolute Gasteiger partial charge is 0.407 e. The highest BCUT2D eigenvalue weighted by Crippen LogP contribution is 2.44. The van der Waals surface area contributed by atoms with Gasteiger partial charge in [-0.3, -0.25) is 9.69 Å². The van der Waals surface area contributed by atoms with Crippen molar-refractivity contribution in [2.75, 3.05) is 26.7 Å². The number of rotatable bonds is 9. The Labute approximate surface area is 228 Å². The van der Waals surface area contributed by atoms with E-state index in [1.54, 1.807) is 0 Å². The summed E-state index contributed by atoms with van der Waals surface area (Å²) in [6, 6.07) is 24.2. The summed E-state index contributed by atoms with van der Waals surface area (Å²) < 4.78 is 5.70. The Morgan fingerprint density at radius 2 is 1.59 bits per heavy atom. The number of carboxylic acid groups (broad SMARTS) is 1. The summed E-state index contributed by atoms with van der Waals surface area (Å²) in [6.07, 6.45) is 0.313. The fourth-order valence-corrected chi connectivity index (χ4v) is 5.73. The Morgan fingerprint density at radius 1 is 0.974 bits per heavy atom. The van der Waals surface area contributed by atoms with Crippen molar-refractivity contribution in [3.63, 3.8) is 0 Å². The molecule has 8 heteroatoms. The minimum atomic E-state index is -1.03. The SMILES string of the molecule is CN(Cc1ccccc1)CC(NC(=O)OCC1c2ccccc2-c2ccccc21)C(=O)N1CCC[C@H]1C(=O)O. The summed E-state index contributed by atoms with van der Waals surface area (Å²) in [7, 11) is 1.87. The topological polar surface area (TPSA) is 99.2 Å². The van der Waals surface area contributed by atoms with Gasteiger partial charge < -0.3 is 20.1 Å². The van der Waals surface area contributed by atoms with Gasteiger partial charge in [0.1, 0.15) is 18.7 Å². The monoisotopic (exact) mass is 527 g/mol. The average molecular weight is 528 g/mol. The van der Waals surface area contributed by atoms with Crippen LogP contribution in [-0.2, 0) is 20.9 Å². The van der Waals surface area contributed by atoms with Gasteiger partial charge in [0.2, 0.25) is 5.91 Å². The number of hydrogen-bond donors (Lipinski definition) is 2. The van der Waals surface area contributed by atoms with Crippen LogP contribution in [0.15, 0.2) is 78.9 Å². The fourth-order valence-electron chi connectivity index (χ4n) is 5.73. The molecule has 0 saturated carbocycles. The number of hydrogen-bond acceptors (Lipinski definition) is 5. The molecule has 1 aliphatic carbocycles. The van der Waals surface area contributed by atoms with E-state index < -0.39 is 30.1 Å². The summed E-state index contributed by atoms with van der Waals surface area (Å²) in [6.45, 7) is 1.25. The van der Waals surface area contributed by atoms with Crippen molar-refractivity contribution < 1.29 is 24.2 Å². The molecule has 5 rings (SSSR count). The second kappa shape index (κ2) is 11.7. The fraction of sp³-hybridized carbons (Fsp3) is 0.323. The van der Waals surface area contributed by atoms with Crippen LogP contribution in [-0.4, -0.2) is 71.7 Å². The number of aliphatic carboxylic acids is 1. The molecule has 0 bridgehead atoms. The van der Waals surface area contributed by atoms with Crippen LogP contribution in [0.25, 0.3) is 11.1 Å². The third kappa shape index (κ3) is 5.81. The zero-order chi connectivity index (χ0) is 27.4. The number of alkyl carbamates (subject to hydrolysis) is 1. The molecule has 202 valence electrons. The molecule has 2 atom stereocenters. The molecule has 2 aliphatic rings. The lowest BCUT2D eigenvalue weighted by Crippen LogP contribution is -2.55. The number of likely N-dealkylation sites (N-methyl/N-ethyl adjacent to an activating group) is 1. The van der Waals surface area contributed by atoms with E-state index in [4.69, 9.17) is 4.74 Å². The van der Waals surface area contributed by atoms with Crippen LogP contribution in [0.3, 0.4) is 0 Å². The summed E-state index contributed by atoms with van der Waals surface area (Å²) >= 11 is 0. The lowest BCUT2D eigenvalue weighted by atomic mass is 9.98. The largest absolute Gasteiger partial charge is 0.480 e. The van der Waals surface area contributed by atoms with Gasteiger partial charge in [-0.15, -0.1) is 0 Å². The van der Waals surface area contributed by atoms with E-state index >= 15 is 0 Å². The van der Waals surface area contributed by atoms with Crippen molar-refractivity contribution in [2.45, 2.75) is 37.4 Å². The summed E-state index contributed by atoms with van der Waals surface area (Å²) in [5.74, 6) is -1.54. The summed E-state index contributed by atoms with van der Waals surface area (Å²) in [5.41, 5.74) is 5.53. The van der Waals surface area contributed by atoms with E-state index in [0.29, 0.717) is 25.9 Å². The van der Waals surface area contributed by atoms with Gasteiger partial charge in [-0.2, -0.15) is 0 Å². The van der Waals surface area contributed by atoms with Gasteiger partial charge >= 0.3 is 12.1 Å². The van der Waals surface area contributed by atoms with Crippen LogP contribution in [0.2, 0.25) is 0 Å². The molecular formula is C31H33N3O5. The summed E-state index contributed by atoms with van der Waals surface area (Å²) in [4.78, 5) is 41.7. The number of benzene rings is 3. The van der Waals surface area contributed by atoms with Crippen molar-refractivity contribution in [1.82, 2.24) is 15.1 Å². The van der Waals surface area contributed by atoms with E-state index in [1.165, 1.54) is 4.90 Å². The molecule has 1 heterocycles. The molecule has 2 amide bonds. The second-order valence-corrected chi connectivity index (χ2v) is 10.2. The van der Waals surface area contributed by atoms with Crippen molar-refractivity contribution in [3.8, 4) is 11.1 Å². The lowest BCUT2D eigenvalue weighted by molar-refractivity contribution is -0.149. The maximum atomic E-state index is 13.5. The third-order valence-corrected chi connectivity index (χ3v) is 7.54. The quantitative estimate of drug-likeness (QED) is 0.435. The van der Waals surface area contributed by atoms with E-state index in [1.807, 2.05) is 78.7 Å². The second-order valence-electron chi connectivity index (χ2n) is 10.2. The molecule has 0 spiro atoms. The molecule has 0 aromatic heterocycles. The summed E-state index contributed by atoms with van der Waals surface area (Å²) in [5, 5.41) is 12.4. The minimum absolute atomic E-state index is 0.104. The van der Waals surface area contributed by atoms with Crippen LogP contribution in [0, 0.1) is 0 Å². The van der Waals surface area contributed by atoms with Crippen molar-refractivity contribution in [1.29, 1.82) is 0 Å². The maximum absolute atomic E-state index is 13.5. The molecule has 1 unspecified atom stereocenters. The standard InChI is InChI=1S/C31H33N3O5/c1-33(18-21-10-3-2-4-11-21)19-27(29(35)34-17-9-16-28(34)30(36)37)32-31(38)39-20-26-24-14-7-5-12-22(24)23-13-6-8-15-25(23)26/h2-8,10-15,26-28H,9,16-20H2,1H3,(H,32,38)(H,36,37)/t27?,28-/m0/s1. The van der Waals surface area contributed by atoms with Crippen LogP contribution >= 0.6 is 0 Å². The number of nitrogens with zero attached hydrogens (tertiary/aromatic N) is 2. The van der Waals surface area contributed by atoms with Crippen LogP contribution in [0.4, 0.5) is 4.79 Å². The number of nitrogens with one attached hydrogen (secondary N) is 1. The lowest BCUT2D eigenvalue weighted by Gasteiger charge is -2.30. The number of fused-ring (bicyclic) bond motifs is 3. The molecule has 1 saturated heterocycles. The predicted molar refractivity (Wildman–Crippen MR) is 147 cm³/mol. The first kappa shape index (κ1) is 26.4. The van der Waals surface area contributed by atoms with Gasteiger partial charge in [0.25, 0.3) is 0 Å². The van der Waals surface area contributed by atoms with E-state index in [2.05, 4.69) is 17.4 Å². The zero-order valence-electron chi connectivity index (χ0n) is 22.0. The Morgan fingerprint density at radius 3 is 2.23 bits per heavy atom. The van der Waals surface area contributed by atoms with E-state index in [0.717, 1.165) is 27.8 Å². The van der Waals surface area contributed by atoms with Gasteiger partial charge in [0.15, 0.2) is 0 Å². The first-order valence-electron chi connectivity index (χ1n) is 13.3. The number of carboxylic acids is 1. The molecule has 1 fully saturated rings. The highest BCUT2D eigenvalue weighted by Gasteiger charge is 2.38. The van der Waals surface area contributed by atoms with Gasteiger partial charge in [-0.25, -0.2) is 9.59 Å². The number of amides is 2. The Bertz CT molecular complexity index is 1300. The Kier molecular flexibility index (Phi) is 7.93. The third-order valence-electron chi connectivity index (χ3n) is 7.54. The number of carbonyl (C=O) groups is 3. The molecule has 1 aliphatic heterocycles. The van der Waals surface area contributed by atoms with Crippen LogP contribution in [0.1, 0.15) is 35.4 Å². The first-order chi connectivity index (χ1) is 18.9. The molecular weight excluding hydrogens is 494 g/mol. The molecule has 0 radical (unpaired) electrons. The Hall–Kier alpha value is -4.17. The van der Waals surface area contributed by atoms with Crippen LogP contribution < -0.4 is 5.32 Å². The van der Waals surface area contributed by atoms with Gasteiger partial charge in [-0.05, 0) is 47.7 Å². The highest BCUT2D eigenvalue weighted by atomic mass is 16.5. The zero-order valence-corrected chi connectivity index (χ0v) is 22.0. The highest BCUT2D eigenvalue weighted by molar-refractivity contribution is 5.90. The molecule has 2 N–H and O–H groups in total. The number of likely N-dealkylation sites (tertiary alicyclic amines) is 1. The van der Waals surface area contributed by atoms with E-state index in [9.17, 15) is 19.5 Å².